The molecule has 0 spiro atoms. The number of unbranched alkanes of at least 4 members (excludes halogenated alkanes) is 36. The largest absolute Gasteiger partial charge is 0.462 e. The van der Waals surface area contributed by atoms with Crippen molar-refractivity contribution in [2.45, 2.75) is 341 Å². The lowest BCUT2D eigenvalue weighted by molar-refractivity contribution is -0.167. The van der Waals surface area contributed by atoms with E-state index in [1.807, 2.05) is 0 Å². The highest BCUT2D eigenvalue weighted by atomic mass is 16.6. The predicted octanol–water partition coefficient (Wildman–Crippen LogP) is 23.1. The number of hydrogen-bond donors (Lipinski definition) is 0. The Labute approximate surface area is 484 Å². The SMILES string of the molecule is CC/C=C\C/C=C\C/C=C\C/C=C\C/C=C\CCCC(=O)OC(COC(=O)CCCCCCC/C=C\C/C=C\CCCCCC)COC(=O)CCCCCCCCCCCCCCCCCCCCCCCCCCCCC. The number of esters is 3. The molecule has 0 aromatic carbocycles. The van der Waals surface area contributed by atoms with Gasteiger partial charge in [0.05, 0.1) is 0 Å². The van der Waals surface area contributed by atoms with Crippen molar-refractivity contribution < 1.29 is 28.6 Å². The number of allylic oxidation sites excluding steroid dienone is 14. The smallest absolute Gasteiger partial charge is 0.306 e. The molecule has 0 aliphatic heterocycles. The molecule has 1 atom stereocenters. The molecule has 450 valence electrons. The van der Waals surface area contributed by atoms with E-state index in [1.165, 1.54) is 186 Å². The molecule has 0 aliphatic carbocycles. The Balaban J connectivity index is 4.33. The van der Waals surface area contributed by atoms with Crippen LogP contribution in [0.4, 0.5) is 0 Å². The van der Waals surface area contributed by atoms with Crippen LogP contribution in [-0.4, -0.2) is 37.2 Å². The second-order valence-electron chi connectivity index (χ2n) is 22.4. The molecular formula is C72H126O6. The van der Waals surface area contributed by atoms with Gasteiger partial charge in [-0.2, -0.15) is 0 Å². The third-order valence-corrected chi connectivity index (χ3v) is 14.6. The lowest BCUT2D eigenvalue weighted by Gasteiger charge is -2.18. The maximum absolute atomic E-state index is 12.9. The minimum atomic E-state index is -0.813. The molecule has 0 fully saturated rings. The quantitative estimate of drug-likeness (QED) is 0.0261. The van der Waals surface area contributed by atoms with Gasteiger partial charge in [-0.05, 0) is 89.9 Å². The molecule has 0 aromatic heterocycles. The van der Waals surface area contributed by atoms with Crippen LogP contribution in [-0.2, 0) is 28.6 Å². The van der Waals surface area contributed by atoms with Gasteiger partial charge in [-0.3, -0.25) is 14.4 Å². The minimum absolute atomic E-state index is 0.101. The highest BCUT2D eigenvalue weighted by Gasteiger charge is 2.19. The van der Waals surface area contributed by atoms with E-state index in [0.717, 1.165) is 103 Å². The predicted molar refractivity (Wildman–Crippen MR) is 339 cm³/mol. The maximum Gasteiger partial charge on any atom is 0.306 e. The highest BCUT2D eigenvalue weighted by molar-refractivity contribution is 5.71. The van der Waals surface area contributed by atoms with Crippen molar-refractivity contribution in [3.05, 3.63) is 85.1 Å². The first-order valence-corrected chi connectivity index (χ1v) is 33.6. The van der Waals surface area contributed by atoms with Crippen LogP contribution in [0.5, 0.6) is 0 Å². The van der Waals surface area contributed by atoms with Crippen molar-refractivity contribution in [3.63, 3.8) is 0 Å². The molecule has 0 saturated carbocycles. The van der Waals surface area contributed by atoms with E-state index in [0.29, 0.717) is 19.3 Å². The first-order chi connectivity index (χ1) is 38.5. The summed E-state index contributed by atoms with van der Waals surface area (Å²) in [4.78, 5) is 38.3. The summed E-state index contributed by atoms with van der Waals surface area (Å²) in [7, 11) is 0. The van der Waals surface area contributed by atoms with E-state index in [1.54, 1.807) is 0 Å². The molecule has 0 N–H and O–H groups in total. The molecule has 0 rings (SSSR count). The second kappa shape index (κ2) is 66.1. The number of carbonyl (C=O) groups excluding carboxylic acids is 3. The molecule has 1 unspecified atom stereocenters. The molecule has 78 heavy (non-hydrogen) atoms. The molecule has 0 saturated heterocycles. The van der Waals surface area contributed by atoms with Crippen molar-refractivity contribution in [3.8, 4) is 0 Å². The average Bonchev–Trinajstić information content (AvgIpc) is 3.44. The summed E-state index contributed by atoms with van der Waals surface area (Å²) < 4.78 is 16.9. The number of ether oxygens (including phenoxy) is 3. The summed E-state index contributed by atoms with van der Waals surface area (Å²) in [6.45, 7) is 6.49. The fourth-order valence-electron chi connectivity index (χ4n) is 9.63. The van der Waals surface area contributed by atoms with Crippen LogP contribution in [0.15, 0.2) is 85.1 Å². The van der Waals surface area contributed by atoms with E-state index in [9.17, 15) is 14.4 Å². The third kappa shape index (κ3) is 63.4. The van der Waals surface area contributed by atoms with Gasteiger partial charge < -0.3 is 14.2 Å². The number of carbonyl (C=O) groups is 3. The molecule has 0 heterocycles. The summed E-state index contributed by atoms with van der Waals surface area (Å²) >= 11 is 0. The standard InChI is InChI=1S/C72H126O6/c1-4-7-10-13-16-19-22-25-28-31-32-33-34-35-36-37-38-39-40-42-44-47-50-53-56-59-62-65-71(74)77-68-69(67-76-70(73)64-61-58-55-52-49-46-43-30-27-24-21-18-15-12-9-6-3)78-72(75)66-63-60-57-54-51-48-45-41-29-26-23-20-17-14-11-8-5-2/h8,11,17,20-21,24,26,29-30,43,45,48,54,57,69H,4-7,9-10,12-16,18-19,22-23,25,27-28,31-42,44,46-47,49-53,55-56,58-68H2,1-3H3/b11-8-,20-17-,24-21-,29-26-,43-30-,48-45-,57-54-. The Kier molecular flexibility index (Phi) is 63.2. The lowest BCUT2D eigenvalue weighted by Crippen LogP contribution is -2.30. The Morgan fingerprint density at radius 1 is 0.269 bits per heavy atom. The van der Waals surface area contributed by atoms with E-state index in [2.05, 4.69) is 106 Å². The number of rotatable bonds is 61. The van der Waals surface area contributed by atoms with Gasteiger partial charge in [0, 0.05) is 19.3 Å². The third-order valence-electron chi connectivity index (χ3n) is 14.6. The van der Waals surface area contributed by atoms with Crippen LogP contribution in [0.3, 0.4) is 0 Å². The maximum atomic E-state index is 12.9. The van der Waals surface area contributed by atoms with Crippen LogP contribution in [0, 0.1) is 0 Å². The molecule has 6 nitrogen and oxygen atoms in total. The van der Waals surface area contributed by atoms with Gasteiger partial charge >= 0.3 is 17.9 Å². The zero-order chi connectivity index (χ0) is 56.4. The summed E-state index contributed by atoms with van der Waals surface area (Å²) in [5.74, 6) is -0.960. The first kappa shape index (κ1) is 74.6. The number of hydrogen-bond acceptors (Lipinski definition) is 6. The van der Waals surface area contributed by atoms with Crippen molar-refractivity contribution in [2.24, 2.45) is 0 Å². The Hall–Kier alpha value is -3.41. The Morgan fingerprint density at radius 2 is 0.513 bits per heavy atom. The van der Waals surface area contributed by atoms with Crippen molar-refractivity contribution in [1.29, 1.82) is 0 Å². The minimum Gasteiger partial charge on any atom is -0.462 e. The van der Waals surface area contributed by atoms with Crippen molar-refractivity contribution >= 4 is 17.9 Å². The molecule has 0 amide bonds. The molecule has 0 radical (unpaired) electrons. The molecule has 0 aromatic rings. The van der Waals surface area contributed by atoms with Gasteiger partial charge in [0.1, 0.15) is 13.2 Å². The van der Waals surface area contributed by atoms with Gasteiger partial charge in [0.2, 0.25) is 0 Å². The molecule has 6 heteroatoms. The topological polar surface area (TPSA) is 78.9 Å². The van der Waals surface area contributed by atoms with Crippen LogP contribution < -0.4 is 0 Å². The average molecular weight is 1090 g/mol. The first-order valence-electron chi connectivity index (χ1n) is 33.6. The molecular weight excluding hydrogens is 961 g/mol. The second-order valence-corrected chi connectivity index (χ2v) is 22.4. The van der Waals surface area contributed by atoms with Gasteiger partial charge in [0.25, 0.3) is 0 Å². The molecule has 0 bridgehead atoms. The van der Waals surface area contributed by atoms with Gasteiger partial charge in [-0.25, -0.2) is 0 Å². The molecule has 0 aliphatic rings. The zero-order valence-electron chi connectivity index (χ0n) is 51.7. The summed E-state index contributed by atoms with van der Waals surface area (Å²) in [6.07, 6.45) is 87.6. The lowest BCUT2D eigenvalue weighted by atomic mass is 10.0. The normalized spacial score (nSPS) is 12.6. The van der Waals surface area contributed by atoms with Gasteiger partial charge in [0.15, 0.2) is 6.10 Å². The van der Waals surface area contributed by atoms with Gasteiger partial charge in [-0.1, -0.05) is 311 Å². The van der Waals surface area contributed by atoms with Crippen LogP contribution in [0.2, 0.25) is 0 Å². The fraction of sp³-hybridized carbons (Fsp3) is 0.764. The Bertz CT molecular complexity index is 1480. The fourth-order valence-corrected chi connectivity index (χ4v) is 9.63. The van der Waals surface area contributed by atoms with E-state index in [4.69, 9.17) is 14.2 Å². The van der Waals surface area contributed by atoms with Crippen molar-refractivity contribution in [2.75, 3.05) is 13.2 Å². The van der Waals surface area contributed by atoms with E-state index >= 15 is 0 Å². The van der Waals surface area contributed by atoms with Crippen LogP contribution in [0.25, 0.3) is 0 Å². The zero-order valence-corrected chi connectivity index (χ0v) is 51.7. The van der Waals surface area contributed by atoms with Crippen molar-refractivity contribution in [1.82, 2.24) is 0 Å². The summed E-state index contributed by atoms with van der Waals surface area (Å²) in [5.41, 5.74) is 0. The van der Waals surface area contributed by atoms with E-state index in [-0.39, 0.29) is 37.5 Å². The van der Waals surface area contributed by atoms with E-state index < -0.39 is 6.10 Å². The highest BCUT2D eigenvalue weighted by Crippen LogP contribution is 2.17. The van der Waals surface area contributed by atoms with Crippen LogP contribution >= 0.6 is 0 Å². The van der Waals surface area contributed by atoms with Gasteiger partial charge in [-0.15, -0.1) is 0 Å². The van der Waals surface area contributed by atoms with Crippen LogP contribution in [0.1, 0.15) is 335 Å². The monoisotopic (exact) mass is 1090 g/mol. The summed E-state index contributed by atoms with van der Waals surface area (Å²) in [5, 5.41) is 0. The summed E-state index contributed by atoms with van der Waals surface area (Å²) in [6, 6.07) is 0. The Morgan fingerprint density at radius 3 is 0.833 bits per heavy atom.